The van der Waals surface area contributed by atoms with Crippen molar-refractivity contribution < 1.29 is 0 Å². The number of rotatable bonds is 2. The first-order valence-corrected chi connectivity index (χ1v) is 2.97. The van der Waals surface area contributed by atoms with E-state index in [1.807, 2.05) is 17.8 Å². The third-order valence-corrected chi connectivity index (χ3v) is 1.09. The third kappa shape index (κ3) is 1.31. The number of hydrogen-bond acceptors (Lipinski definition) is 2. The number of allylic oxidation sites excluding steroid dienone is 1. The number of aryl methyl sites for hydroxylation is 1. The van der Waals surface area contributed by atoms with Crippen molar-refractivity contribution in [3.8, 4) is 0 Å². The van der Waals surface area contributed by atoms with Crippen LogP contribution in [0.15, 0.2) is 30.0 Å². The third-order valence-electron chi connectivity index (χ3n) is 1.09. The van der Waals surface area contributed by atoms with E-state index in [2.05, 4.69) is 16.6 Å². The summed E-state index contributed by atoms with van der Waals surface area (Å²) in [6, 6.07) is 0. The Hall–Kier alpha value is -1.38. The predicted molar refractivity (Wildman–Crippen MR) is 41.6 cm³/mol. The van der Waals surface area contributed by atoms with Crippen LogP contribution in [0.4, 0.5) is 5.95 Å². The highest BCUT2D eigenvalue weighted by atomic mass is 15.1. The van der Waals surface area contributed by atoms with E-state index >= 15 is 0 Å². The smallest absolute Gasteiger partial charge is 0.229 e. The fraction of sp³-hybridized carbons (Fsp3) is 0.143. The number of hydrogen-bond donors (Lipinski definition) is 0. The molecule has 0 radical (unpaired) electrons. The molecule has 0 N–H and O–H groups in total. The molecule has 1 heterocycles. The zero-order chi connectivity index (χ0) is 7.40. The van der Waals surface area contributed by atoms with Gasteiger partial charge in [-0.1, -0.05) is 12.7 Å². The van der Waals surface area contributed by atoms with Crippen LogP contribution in [0.1, 0.15) is 0 Å². The molecule has 0 atom stereocenters. The Morgan fingerprint density at radius 1 is 1.80 bits per heavy atom. The Morgan fingerprint density at radius 2 is 2.60 bits per heavy atom. The van der Waals surface area contributed by atoms with Gasteiger partial charge in [-0.25, -0.2) is 9.98 Å². The van der Waals surface area contributed by atoms with Gasteiger partial charge in [0.2, 0.25) is 5.95 Å². The zero-order valence-electron chi connectivity index (χ0n) is 5.86. The summed E-state index contributed by atoms with van der Waals surface area (Å²) < 4.78 is 1.83. The first-order valence-electron chi connectivity index (χ1n) is 2.97. The first-order chi connectivity index (χ1) is 4.84. The zero-order valence-corrected chi connectivity index (χ0v) is 5.86. The molecule has 0 aliphatic heterocycles. The van der Waals surface area contributed by atoms with Crippen LogP contribution in [-0.2, 0) is 7.05 Å². The Labute approximate surface area is 59.7 Å². The molecule has 0 bridgehead atoms. The van der Waals surface area contributed by atoms with E-state index in [9.17, 15) is 0 Å². The van der Waals surface area contributed by atoms with Crippen LogP contribution in [-0.4, -0.2) is 15.8 Å². The van der Waals surface area contributed by atoms with Crippen LogP contribution in [0.2, 0.25) is 0 Å². The molecule has 3 nitrogen and oxygen atoms in total. The summed E-state index contributed by atoms with van der Waals surface area (Å²) in [5.41, 5.74) is 0. The van der Waals surface area contributed by atoms with Gasteiger partial charge in [0.15, 0.2) is 0 Å². The fourth-order valence-corrected chi connectivity index (χ4v) is 0.602. The Morgan fingerprint density at radius 3 is 3.10 bits per heavy atom. The van der Waals surface area contributed by atoms with Gasteiger partial charge in [0, 0.05) is 25.7 Å². The Bertz CT molecular complexity index is 247. The molecule has 0 saturated heterocycles. The van der Waals surface area contributed by atoms with Crippen LogP contribution in [0.3, 0.4) is 0 Å². The van der Waals surface area contributed by atoms with Gasteiger partial charge in [0.1, 0.15) is 0 Å². The van der Waals surface area contributed by atoms with Gasteiger partial charge in [0.25, 0.3) is 0 Å². The number of aliphatic imine (C=N–C) groups is 1. The summed E-state index contributed by atoms with van der Waals surface area (Å²) in [4.78, 5) is 7.96. The standard InChI is InChI=1S/C7H9N3/c1-3-4-8-7-9-5-6-10(7)2/h3-6H,1H2,2H3. The second kappa shape index (κ2) is 2.96. The van der Waals surface area contributed by atoms with E-state index in [0.717, 1.165) is 0 Å². The highest BCUT2D eigenvalue weighted by molar-refractivity contribution is 5.72. The summed E-state index contributed by atoms with van der Waals surface area (Å²) >= 11 is 0. The number of aromatic nitrogens is 2. The van der Waals surface area contributed by atoms with E-state index in [4.69, 9.17) is 0 Å². The van der Waals surface area contributed by atoms with E-state index in [0.29, 0.717) is 5.95 Å². The summed E-state index contributed by atoms with van der Waals surface area (Å²) in [7, 11) is 1.89. The lowest BCUT2D eigenvalue weighted by molar-refractivity contribution is 0.913. The maximum atomic E-state index is 3.99. The lowest BCUT2D eigenvalue weighted by Crippen LogP contribution is -1.82. The predicted octanol–water partition coefficient (Wildman–Crippen LogP) is 1.31. The van der Waals surface area contributed by atoms with E-state index in [1.54, 1.807) is 18.5 Å². The molecular weight excluding hydrogens is 126 g/mol. The number of nitrogens with zero attached hydrogens (tertiary/aromatic N) is 3. The monoisotopic (exact) mass is 135 g/mol. The first kappa shape index (κ1) is 6.74. The SMILES string of the molecule is C=CC=Nc1nccn1C. The van der Waals surface area contributed by atoms with Gasteiger partial charge in [-0.2, -0.15) is 0 Å². The minimum atomic E-state index is 0.694. The summed E-state index contributed by atoms with van der Waals surface area (Å²) in [6.07, 6.45) is 6.78. The van der Waals surface area contributed by atoms with Crippen molar-refractivity contribution in [2.24, 2.45) is 12.0 Å². The number of imidazole rings is 1. The van der Waals surface area contributed by atoms with Crippen molar-refractivity contribution >= 4 is 12.2 Å². The van der Waals surface area contributed by atoms with Crippen molar-refractivity contribution in [2.75, 3.05) is 0 Å². The maximum absolute atomic E-state index is 3.99. The molecule has 0 aromatic carbocycles. The molecule has 0 fully saturated rings. The maximum Gasteiger partial charge on any atom is 0.229 e. The minimum absolute atomic E-state index is 0.694. The topological polar surface area (TPSA) is 30.2 Å². The summed E-state index contributed by atoms with van der Waals surface area (Å²) in [5, 5.41) is 0. The molecule has 52 valence electrons. The fourth-order valence-electron chi connectivity index (χ4n) is 0.602. The average Bonchev–Trinajstić information content (AvgIpc) is 2.31. The molecular formula is C7H9N3. The molecule has 0 aliphatic rings. The lowest BCUT2D eigenvalue weighted by atomic mass is 10.7. The van der Waals surface area contributed by atoms with Gasteiger partial charge in [-0.3, -0.25) is 0 Å². The highest BCUT2D eigenvalue weighted by Crippen LogP contribution is 2.03. The van der Waals surface area contributed by atoms with Crippen LogP contribution >= 0.6 is 0 Å². The largest absolute Gasteiger partial charge is 0.319 e. The molecule has 0 saturated carbocycles. The van der Waals surface area contributed by atoms with Crippen molar-refractivity contribution in [1.82, 2.24) is 9.55 Å². The lowest BCUT2D eigenvalue weighted by Gasteiger charge is -1.89. The van der Waals surface area contributed by atoms with Crippen molar-refractivity contribution in [1.29, 1.82) is 0 Å². The van der Waals surface area contributed by atoms with Crippen molar-refractivity contribution in [3.05, 3.63) is 25.0 Å². The summed E-state index contributed by atoms with van der Waals surface area (Å²) in [6.45, 7) is 3.50. The normalized spacial score (nSPS) is 10.5. The molecule has 0 aliphatic carbocycles. The Balaban J connectivity index is 2.83. The second-order valence-corrected chi connectivity index (χ2v) is 1.85. The van der Waals surface area contributed by atoms with Gasteiger partial charge < -0.3 is 4.57 Å². The average molecular weight is 135 g/mol. The van der Waals surface area contributed by atoms with Crippen LogP contribution in [0, 0.1) is 0 Å². The Kier molecular flexibility index (Phi) is 1.99. The van der Waals surface area contributed by atoms with Crippen molar-refractivity contribution in [3.63, 3.8) is 0 Å². The van der Waals surface area contributed by atoms with Crippen LogP contribution < -0.4 is 0 Å². The molecule has 0 amide bonds. The molecule has 3 heteroatoms. The van der Waals surface area contributed by atoms with Crippen LogP contribution in [0.25, 0.3) is 0 Å². The molecule has 1 aromatic heterocycles. The van der Waals surface area contributed by atoms with Gasteiger partial charge >= 0.3 is 0 Å². The molecule has 1 aromatic rings. The molecule has 0 spiro atoms. The van der Waals surface area contributed by atoms with Crippen LogP contribution in [0.5, 0.6) is 0 Å². The van der Waals surface area contributed by atoms with E-state index in [-0.39, 0.29) is 0 Å². The van der Waals surface area contributed by atoms with E-state index < -0.39 is 0 Å². The molecule has 0 unspecified atom stereocenters. The van der Waals surface area contributed by atoms with Crippen molar-refractivity contribution in [2.45, 2.75) is 0 Å². The van der Waals surface area contributed by atoms with Gasteiger partial charge in [-0.15, -0.1) is 0 Å². The molecule has 10 heavy (non-hydrogen) atoms. The summed E-state index contributed by atoms with van der Waals surface area (Å²) in [5.74, 6) is 0.694. The highest BCUT2D eigenvalue weighted by Gasteiger charge is 1.90. The quantitative estimate of drug-likeness (QED) is 0.562. The van der Waals surface area contributed by atoms with E-state index in [1.165, 1.54) is 0 Å². The van der Waals surface area contributed by atoms with Gasteiger partial charge in [0.05, 0.1) is 0 Å². The van der Waals surface area contributed by atoms with Gasteiger partial charge in [-0.05, 0) is 0 Å². The minimum Gasteiger partial charge on any atom is -0.319 e. The molecule has 1 rings (SSSR count). The second-order valence-electron chi connectivity index (χ2n) is 1.85.